The third-order valence-electron chi connectivity index (χ3n) is 6.03. The van der Waals surface area contributed by atoms with E-state index in [-0.39, 0.29) is 0 Å². The summed E-state index contributed by atoms with van der Waals surface area (Å²) < 4.78 is 0. The number of hydrogen-bond acceptors (Lipinski definition) is 1. The fourth-order valence-electron chi connectivity index (χ4n) is 4.23. The second-order valence-corrected chi connectivity index (χ2v) is 16.2. The first-order chi connectivity index (χ1) is 14.1. The Labute approximate surface area is 190 Å². The molecule has 1 atom stereocenters. The van der Waals surface area contributed by atoms with Crippen molar-refractivity contribution in [1.82, 2.24) is 0 Å². The van der Waals surface area contributed by atoms with Gasteiger partial charge in [0.1, 0.15) is 0 Å². The van der Waals surface area contributed by atoms with Crippen LogP contribution in [-0.4, -0.2) is 14.3 Å². The fraction of sp³-hybridized carbons (Fsp3) is 0.520. The van der Waals surface area contributed by atoms with E-state index in [4.69, 9.17) is 11.2 Å². The van der Waals surface area contributed by atoms with Gasteiger partial charge < -0.3 is 0 Å². The molecule has 0 saturated heterocycles. The number of halogens is 1. The summed E-state index contributed by atoms with van der Waals surface area (Å²) in [5, 5.41) is 4.25. The third-order valence-corrected chi connectivity index (χ3v) is 15.2. The number of unbranched alkanes of at least 4 members (excludes halogenated alkanes) is 3. The largest absolute Gasteiger partial charge is 0.129 e. The van der Waals surface area contributed by atoms with Gasteiger partial charge in [-0.3, -0.25) is 0 Å². The van der Waals surface area contributed by atoms with Crippen LogP contribution in [0.15, 0.2) is 53.4 Å². The Morgan fingerprint density at radius 3 is 1.79 bits per heavy atom. The van der Waals surface area contributed by atoms with Gasteiger partial charge in [0.25, 0.3) is 0 Å². The standard InChI is InChI=1S/C25H38ClPSSi/c1-5-8-19-29(20-9-6-2,21-10-7-3)23-17-15-22(16-18-23)27(26)24-13-11-12-14-25(24)28-4/h11-18H,5-10,19-21H2,1-4H3. The van der Waals surface area contributed by atoms with E-state index in [1.165, 1.54) is 72.2 Å². The van der Waals surface area contributed by atoms with Crippen LogP contribution in [0, 0.1) is 0 Å². The molecule has 0 aliphatic rings. The van der Waals surface area contributed by atoms with Gasteiger partial charge in [0.05, 0.1) is 15.3 Å². The molecule has 0 fully saturated rings. The summed E-state index contributed by atoms with van der Waals surface area (Å²) in [4.78, 5) is 1.30. The molecule has 160 valence electrons. The van der Waals surface area contributed by atoms with E-state index < -0.39 is 15.3 Å². The number of benzene rings is 2. The van der Waals surface area contributed by atoms with Gasteiger partial charge in [0.15, 0.2) is 0 Å². The lowest BCUT2D eigenvalue weighted by molar-refractivity contribution is 0.800. The average Bonchev–Trinajstić information content (AvgIpc) is 2.78. The van der Waals surface area contributed by atoms with Crippen LogP contribution in [0.5, 0.6) is 0 Å². The molecule has 0 nitrogen and oxygen atoms in total. The monoisotopic (exact) mass is 464 g/mol. The molecule has 4 heteroatoms. The van der Waals surface area contributed by atoms with E-state index in [9.17, 15) is 0 Å². The normalized spacial score (nSPS) is 12.9. The first-order valence-corrected chi connectivity index (χ1v) is 17.4. The first kappa shape index (κ1) is 25.0. The Morgan fingerprint density at radius 2 is 1.31 bits per heavy atom. The predicted octanol–water partition coefficient (Wildman–Crippen LogP) is 8.05. The summed E-state index contributed by atoms with van der Waals surface area (Å²) in [5.41, 5.74) is 0. The highest BCUT2D eigenvalue weighted by Gasteiger charge is 2.33. The van der Waals surface area contributed by atoms with Crippen LogP contribution in [0.25, 0.3) is 0 Å². The minimum Gasteiger partial charge on any atom is -0.129 e. The van der Waals surface area contributed by atoms with Crippen LogP contribution in [0.4, 0.5) is 0 Å². The van der Waals surface area contributed by atoms with Crippen molar-refractivity contribution in [2.24, 2.45) is 0 Å². The summed E-state index contributed by atoms with van der Waals surface area (Å²) in [6.07, 6.45) is 10.2. The Bertz CT molecular complexity index is 697. The van der Waals surface area contributed by atoms with Crippen LogP contribution >= 0.6 is 30.3 Å². The quantitative estimate of drug-likeness (QED) is 0.164. The van der Waals surface area contributed by atoms with Crippen molar-refractivity contribution in [3.63, 3.8) is 0 Å². The van der Waals surface area contributed by atoms with E-state index in [1.54, 1.807) is 16.9 Å². The van der Waals surface area contributed by atoms with E-state index in [0.29, 0.717) is 0 Å². The smallest absolute Gasteiger partial charge is 0.0867 e. The van der Waals surface area contributed by atoms with Gasteiger partial charge in [-0.25, -0.2) is 0 Å². The maximum absolute atomic E-state index is 7.00. The molecule has 0 spiro atoms. The molecule has 0 aromatic heterocycles. The maximum Gasteiger partial charge on any atom is 0.0867 e. The van der Waals surface area contributed by atoms with E-state index in [0.717, 1.165) is 0 Å². The highest BCUT2D eigenvalue weighted by atomic mass is 35.7. The van der Waals surface area contributed by atoms with Gasteiger partial charge >= 0.3 is 0 Å². The first-order valence-electron chi connectivity index (χ1n) is 11.3. The van der Waals surface area contributed by atoms with Crippen LogP contribution in [0.3, 0.4) is 0 Å². The maximum atomic E-state index is 7.00. The molecular weight excluding hydrogens is 427 g/mol. The van der Waals surface area contributed by atoms with Crippen molar-refractivity contribution in [1.29, 1.82) is 0 Å². The average molecular weight is 465 g/mol. The lowest BCUT2D eigenvalue weighted by atomic mass is 10.3. The summed E-state index contributed by atoms with van der Waals surface area (Å²) in [7, 11) is -2.24. The molecular formula is C25H38ClPSSi. The molecule has 2 rings (SSSR count). The topological polar surface area (TPSA) is 0 Å². The molecule has 0 aliphatic carbocycles. The van der Waals surface area contributed by atoms with Crippen molar-refractivity contribution in [3.8, 4) is 0 Å². The van der Waals surface area contributed by atoms with Crippen molar-refractivity contribution in [2.75, 3.05) is 6.26 Å². The predicted molar refractivity (Wildman–Crippen MR) is 141 cm³/mol. The number of thioether (sulfide) groups is 1. The zero-order valence-electron chi connectivity index (χ0n) is 18.7. The lowest BCUT2D eigenvalue weighted by Crippen LogP contribution is -2.47. The van der Waals surface area contributed by atoms with Gasteiger partial charge in [0.2, 0.25) is 0 Å². The van der Waals surface area contributed by atoms with Gasteiger partial charge in [0, 0.05) is 10.2 Å². The van der Waals surface area contributed by atoms with Gasteiger partial charge in [-0.15, -0.1) is 11.8 Å². The number of rotatable bonds is 13. The number of hydrogen-bond donors (Lipinski definition) is 0. The molecule has 0 saturated carbocycles. The third kappa shape index (κ3) is 6.86. The SMILES string of the molecule is CCCC[Si](CCCC)(CCCC)c1ccc(P(Cl)c2ccccc2SC)cc1. The van der Waals surface area contributed by atoms with E-state index in [2.05, 4.69) is 75.6 Å². The zero-order chi connectivity index (χ0) is 21.1. The minimum absolute atomic E-state index is 0.812. The summed E-state index contributed by atoms with van der Waals surface area (Å²) >= 11 is 8.79. The zero-order valence-corrected chi connectivity index (χ0v) is 22.2. The molecule has 29 heavy (non-hydrogen) atoms. The lowest BCUT2D eigenvalue weighted by Gasteiger charge is -2.33. The van der Waals surface area contributed by atoms with Crippen molar-refractivity contribution in [3.05, 3.63) is 48.5 Å². The fourth-order valence-corrected chi connectivity index (χ4v) is 13.0. The van der Waals surface area contributed by atoms with E-state index >= 15 is 0 Å². The van der Waals surface area contributed by atoms with Crippen molar-refractivity contribution < 1.29 is 0 Å². The van der Waals surface area contributed by atoms with Gasteiger partial charge in [-0.05, 0) is 17.6 Å². The molecule has 0 radical (unpaired) electrons. The summed E-state index contributed by atoms with van der Waals surface area (Å²) in [6.45, 7) is 7.02. The minimum atomic E-state index is -1.43. The van der Waals surface area contributed by atoms with Crippen LogP contribution in [0.1, 0.15) is 59.3 Å². The highest BCUT2D eigenvalue weighted by Crippen LogP contribution is 2.41. The Balaban J connectivity index is 2.33. The van der Waals surface area contributed by atoms with E-state index in [1.807, 2.05) is 0 Å². The molecule has 1 unspecified atom stereocenters. The Hall–Kier alpha value is -0.273. The molecule has 0 bridgehead atoms. The molecule has 2 aromatic rings. The summed E-state index contributed by atoms with van der Waals surface area (Å²) in [6, 6.07) is 22.6. The second-order valence-electron chi connectivity index (χ2n) is 8.09. The van der Waals surface area contributed by atoms with Crippen molar-refractivity contribution >= 4 is 54.1 Å². The second kappa shape index (κ2) is 13.2. The highest BCUT2D eigenvalue weighted by molar-refractivity contribution is 8.01. The molecule has 2 aromatic carbocycles. The Kier molecular flexibility index (Phi) is 11.4. The molecule has 0 N–H and O–H groups in total. The van der Waals surface area contributed by atoms with Crippen LogP contribution in [0.2, 0.25) is 18.1 Å². The summed E-state index contributed by atoms with van der Waals surface area (Å²) in [5.74, 6) is 0. The van der Waals surface area contributed by atoms with Crippen molar-refractivity contribution in [2.45, 2.75) is 82.3 Å². The molecule has 0 amide bonds. The molecule has 0 heterocycles. The van der Waals surface area contributed by atoms with Gasteiger partial charge in [-0.2, -0.15) is 0 Å². The van der Waals surface area contributed by atoms with Gasteiger partial charge in [-0.1, -0.05) is 136 Å². The van der Waals surface area contributed by atoms with Crippen LogP contribution < -0.4 is 15.8 Å². The molecule has 0 aliphatic heterocycles. The Morgan fingerprint density at radius 1 is 0.793 bits per heavy atom. The van der Waals surface area contributed by atoms with Crippen LogP contribution in [-0.2, 0) is 0 Å².